The summed E-state index contributed by atoms with van der Waals surface area (Å²) in [5, 5.41) is 12.6. The van der Waals surface area contributed by atoms with Crippen LogP contribution in [0.1, 0.15) is 50.0 Å². The van der Waals surface area contributed by atoms with Crippen LogP contribution in [-0.4, -0.2) is 31.5 Å². The third-order valence-electron chi connectivity index (χ3n) is 5.59. The Kier molecular flexibility index (Phi) is 4.75. The molecule has 0 aliphatic heterocycles. The monoisotopic (exact) mass is 379 g/mol. The SMILES string of the molecule is Cc1nn(C(C)C(=O)NC2CCCC2)c(=O)c2c(C)n(-c3ccccc3)nc12. The summed E-state index contributed by atoms with van der Waals surface area (Å²) in [7, 11) is 0. The Morgan fingerprint density at radius 3 is 2.50 bits per heavy atom. The van der Waals surface area contributed by atoms with E-state index in [1.54, 1.807) is 11.6 Å². The summed E-state index contributed by atoms with van der Waals surface area (Å²) in [6.45, 7) is 5.42. The van der Waals surface area contributed by atoms with Gasteiger partial charge in [-0.1, -0.05) is 31.0 Å². The number of benzene rings is 1. The molecular weight excluding hydrogens is 354 g/mol. The zero-order valence-electron chi connectivity index (χ0n) is 16.5. The first-order valence-electron chi connectivity index (χ1n) is 9.82. The van der Waals surface area contributed by atoms with E-state index in [2.05, 4.69) is 15.5 Å². The summed E-state index contributed by atoms with van der Waals surface area (Å²) < 4.78 is 3.06. The van der Waals surface area contributed by atoms with Crippen molar-refractivity contribution in [1.29, 1.82) is 0 Å². The predicted octanol–water partition coefficient (Wildman–Crippen LogP) is 2.82. The third kappa shape index (κ3) is 3.10. The number of carbonyl (C=O) groups is 1. The molecular formula is C21H25N5O2. The maximum absolute atomic E-state index is 13.2. The van der Waals surface area contributed by atoms with Crippen molar-refractivity contribution < 1.29 is 4.79 Å². The second-order valence-electron chi connectivity index (χ2n) is 7.56. The van der Waals surface area contributed by atoms with Crippen LogP contribution in [0.25, 0.3) is 16.6 Å². The van der Waals surface area contributed by atoms with Crippen molar-refractivity contribution >= 4 is 16.8 Å². The molecule has 1 aliphatic rings. The number of para-hydroxylation sites is 1. The van der Waals surface area contributed by atoms with E-state index < -0.39 is 6.04 Å². The smallest absolute Gasteiger partial charge is 0.278 e. The highest BCUT2D eigenvalue weighted by Gasteiger charge is 2.25. The van der Waals surface area contributed by atoms with E-state index in [0.29, 0.717) is 16.6 Å². The molecule has 1 atom stereocenters. The fraction of sp³-hybridized carbons (Fsp3) is 0.429. The molecule has 1 N–H and O–H groups in total. The molecule has 0 spiro atoms. The maximum atomic E-state index is 13.2. The molecule has 0 saturated heterocycles. The number of hydrogen-bond donors (Lipinski definition) is 1. The van der Waals surface area contributed by atoms with Gasteiger partial charge in [-0.05, 0) is 45.7 Å². The first kappa shape index (κ1) is 18.4. The highest BCUT2D eigenvalue weighted by molar-refractivity contribution is 5.84. The van der Waals surface area contributed by atoms with E-state index in [4.69, 9.17) is 0 Å². The zero-order valence-corrected chi connectivity index (χ0v) is 16.5. The summed E-state index contributed by atoms with van der Waals surface area (Å²) >= 11 is 0. The molecule has 7 heteroatoms. The Bertz CT molecular complexity index is 1080. The Hall–Kier alpha value is -2.96. The summed E-state index contributed by atoms with van der Waals surface area (Å²) in [5.41, 5.74) is 2.55. The van der Waals surface area contributed by atoms with Crippen molar-refractivity contribution in [2.24, 2.45) is 0 Å². The summed E-state index contributed by atoms with van der Waals surface area (Å²) in [5.74, 6) is -0.159. The fourth-order valence-electron chi connectivity index (χ4n) is 3.97. The quantitative estimate of drug-likeness (QED) is 0.756. The lowest BCUT2D eigenvalue weighted by Crippen LogP contribution is -2.41. The minimum Gasteiger partial charge on any atom is -0.352 e. The molecule has 1 saturated carbocycles. The van der Waals surface area contributed by atoms with Crippen LogP contribution < -0.4 is 10.9 Å². The average molecular weight is 379 g/mol. The van der Waals surface area contributed by atoms with Crippen molar-refractivity contribution in [2.75, 3.05) is 0 Å². The average Bonchev–Trinajstić information content (AvgIpc) is 3.33. The van der Waals surface area contributed by atoms with Gasteiger partial charge in [-0.15, -0.1) is 0 Å². The lowest BCUT2D eigenvalue weighted by atomic mass is 10.2. The first-order chi connectivity index (χ1) is 13.5. The molecule has 1 amide bonds. The zero-order chi connectivity index (χ0) is 19.8. The Morgan fingerprint density at radius 1 is 1.14 bits per heavy atom. The minimum absolute atomic E-state index is 0.159. The van der Waals surface area contributed by atoms with Crippen molar-refractivity contribution in [2.45, 2.75) is 58.5 Å². The van der Waals surface area contributed by atoms with Gasteiger partial charge in [0.25, 0.3) is 5.56 Å². The number of hydrogen-bond acceptors (Lipinski definition) is 4. The van der Waals surface area contributed by atoms with Gasteiger partial charge in [-0.3, -0.25) is 9.59 Å². The van der Waals surface area contributed by atoms with Gasteiger partial charge in [0, 0.05) is 6.04 Å². The number of amides is 1. The van der Waals surface area contributed by atoms with Crippen LogP contribution in [0, 0.1) is 13.8 Å². The van der Waals surface area contributed by atoms with Gasteiger partial charge in [0.2, 0.25) is 5.91 Å². The highest BCUT2D eigenvalue weighted by Crippen LogP contribution is 2.21. The van der Waals surface area contributed by atoms with Crippen LogP contribution in [0.3, 0.4) is 0 Å². The molecule has 0 bridgehead atoms. The third-order valence-corrected chi connectivity index (χ3v) is 5.59. The largest absolute Gasteiger partial charge is 0.352 e. The molecule has 1 aliphatic carbocycles. The van der Waals surface area contributed by atoms with E-state index in [9.17, 15) is 9.59 Å². The fourth-order valence-corrected chi connectivity index (χ4v) is 3.97. The number of nitrogens with one attached hydrogen (secondary N) is 1. The van der Waals surface area contributed by atoms with Crippen LogP contribution in [0.5, 0.6) is 0 Å². The van der Waals surface area contributed by atoms with Gasteiger partial charge in [0.1, 0.15) is 11.6 Å². The molecule has 1 aromatic carbocycles. The topological polar surface area (TPSA) is 81.8 Å². The van der Waals surface area contributed by atoms with Gasteiger partial charge in [-0.25, -0.2) is 9.36 Å². The van der Waals surface area contributed by atoms with Gasteiger partial charge in [0.15, 0.2) is 0 Å². The number of fused-ring (bicyclic) bond motifs is 1. The van der Waals surface area contributed by atoms with Crippen molar-refractivity contribution in [3.63, 3.8) is 0 Å². The maximum Gasteiger partial charge on any atom is 0.278 e. The van der Waals surface area contributed by atoms with E-state index in [1.165, 1.54) is 4.68 Å². The van der Waals surface area contributed by atoms with E-state index >= 15 is 0 Å². The first-order valence-corrected chi connectivity index (χ1v) is 9.82. The molecule has 1 fully saturated rings. The van der Waals surface area contributed by atoms with Crippen molar-refractivity contribution in [3.8, 4) is 5.69 Å². The molecule has 2 aromatic heterocycles. The van der Waals surface area contributed by atoms with E-state index in [1.807, 2.05) is 44.2 Å². The van der Waals surface area contributed by atoms with Crippen LogP contribution in [-0.2, 0) is 4.79 Å². The lowest BCUT2D eigenvalue weighted by Gasteiger charge is -2.18. The predicted molar refractivity (Wildman–Crippen MR) is 108 cm³/mol. The van der Waals surface area contributed by atoms with Crippen LogP contribution in [0.2, 0.25) is 0 Å². The van der Waals surface area contributed by atoms with Gasteiger partial charge < -0.3 is 5.32 Å². The number of aryl methyl sites for hydroxylation is 2. The highest BCUT2D eigenvalue weighted by atomic mass is 16.2. The normalized spacial score (nSPS) is 15.8. The minimum atomic E-state index is -0.671. The van der Waals surface area contributed by atoms with Crippen molar-refractivity contribution in [1.82, 2.24) is 24.9 Å². The van der Waals surface area contributed by atoms with Crippen LogP contribution in [0.15, 0.2) is 35.1 Å². The number of aromatic nitrogens is 4. The van der Waals surface area contributed by atoms with E-state index in [-0.39, 0.29) is 17.5 Å². The summed E-state index contributed by atoms with van der Waals surface area (Å²) in [6, 6.07) is 9.22. The number of rotatable bonds is 4. The Labute approximate surface area is 163 Å². The summed E-state index contributed by atoms with van der Waals surface area (Å²) in [6.07, 6.45) is 4.28. The van der Waals surface area contributed by atoms with Gasteiger partial charge >= 0.3 is 0 Å². The van der Waals surface area contributed by atoms with Gasteiger partial charge in [-0.2, -0.15) is 10.2 Å². The molecule has 0 radical (unpaired) electrons. The lowest BCUT2D eigenvalue weighted by molar-refractivity contribution is -0.124. The number of nitrogens with zero attached hydrogens (tertiary/aromatic N) is 4. The Balaban J connectivity index is 1.76. The standard InChI is InChI=1S/C21H25N5O2/c1-13-19-18(14(2)25(24-19)17-11-5-4-6-12-17)21(28)26(23-13)15(3)20(27)22-16-9-7-8-10-16/h4-6,11-12,15-16H,7-10H2,1-3H3,(H,22,27). The van der Waals surface area contributed by atoms with Gasteiger partial charge in [0.05, 0.1) is 22.5 Å². The summed E-state index contributed by atoms with van der Waals surface area (Å²) in [4.78, 5) is 25.9. The second kappa shape index (κ2) is 7.22. The Morgan fingerprint density at radius 2 is 1.82 bits per heavy atom. The van der Waals surface area contributed by atoms with Crippen LogP contribution in [0.4, 0.5) is 0 Å². The molecule has 2 heterocycles. The number of carbonyl (C=O) groups excluding carboxylic acids is 1. The second-order valence-corrected chi connectivity index (χ2v) is 7.56. The van der Waals surface area contributed by atoms with Crippen molar-refractivity contribution in [3.05, 3.63) is 52.1 Å². The molecule has 4 rings (SSSR count). The molecule has 1 unspecified atom stereocenters. The molecule has 7 nitrogen and oxygen atoms in total. The van der Waals surface area contributed by atoms with Crippen LogP contribution >= 0.6 is 0 Å². The molecule has 3 aromatic rings. The molecule has 28 heavy (non-hydrogen) atoms. The van der Waals surface area contributed by atoms with E-state index in [0.717, 1.165) is 37.1 Å². The molecule has 146 valence electrons.